The molecule has 0 saturated carbocycles. The van der Waals surface area contributed by atoms with Crippen LogP contribution in [0.1, 0.15) is 12.0 Å². The van der Waals surface area contributed by atoms with Crippen LogP contribution in [0.25, 0.3) is 10.8 Å². The Morgan fingerprint density at radius 1 is 1.17 bits per heavy atom. The predicted octanol–water partition coefficient (Wildman–Crippen LogP) is 2.25. The summed E-state index contributed by atoms with van der Waals surface area (Å²) in [6.45, 7) is 0.642. The van der Waals surface area contributed by atoms with Gasteiger partial charge in [0.1, 0.15) is 6.04 Å². The summed E-state index contributed by atoms with van der Waals surface area (Å²) in [5.74, 6) is -0.601. The quantitative estimate of drug-likeness (QED) is 0.649. The maximum Gasteiger partial charge on any atom is 0.326 e. The van der Waals surface area contributed by atoms with Crippen molar-refractivity contribution in [2.45, 2.75) is 19.0 Å². The number of fused-ring (bicyclic) bond motifs is 1. The van der Waals surface area contributed by atoms with E-state index in [0.29, 0.717) is 18.7 Å². The molecule has 0 heterocycles. The summed E-state index contributed by atoms with van der Waals surface area (Å²) >= 11 is 1.56. The van der Waals surface area contributed by atoms with E-state index in [4.69, 9.17) is 5.11 Å². The molecule has 1 atom stereocenters. The summed E-state index contributed by atoms with van der Waals surface area (Å²) in [6.07, 6.45) is 2.33. The molecule has 3 N–H and O–H groups in total. The van der Waals surface area contributed by atoms with Crippen molar-refractivity contribution in [2.75, 3.05) is 18.6 Å². The number of hydrogen-bond donors (Lipinski definition) is 3. The normalized spacial score (nSPS) is 12.0. The van der Waals surface area contributed by atoms with E-state index < -0.39 is 12.0 Å². The van der Waals surface area contributed by atoms with Crippen molar-refractivity contribution < 1.29 is 14.7 Å². The van der Waals surface area contributed by atoms with Crippen LogP contribution in [-0.2, 0) is 16.1 Å². The van der Waals surface area contributed by atoms with E-state index in [2.05, 4.69) is 28.8 Å². The highest BCUT2D eigenvalue weighted by Crippen LogP contribution is 2.18. The fourth-order valence-corrected chi connectivity index (χ4v) is 2.97. The lowest BCUT2D eigenvalue weighted by atomic mass is 10.0. The van der Waals surface area contributed by atoms with Gasteiger partial charge in [0, 0.05) is 6.54 Å². The number of aliphatic carboxylic acids is 1. The summed E-state index contributed by atoms with van der Waals surface area (Å²) in [5, 5.41) is 17.1. The summed E-state index contributed by atoms with van der Waals surface area (Å²) in [5.41, 5.74) is 1.11. The molecule has 0 radical (unpaired) electrons. The number of carboxylic acids is 1. The molecule has 1 amide bonds. The first-order valence-corrected chi connectivity index (χ1v) is 9.19. The van der Waals surface area contributed by atoms with E-state index in [9.17, 15) is 9.59 Å². The van der Waals surface area contributed by atoms with Crippen molar-refractivity contribution in [2.24, 2.45) is 0 Å². The first kappa shape index (κ1) is 18.3. The lowest BCUT2D eigenvalue weighted by molar-refractivity contribution is -0.141. The number of hydrogen-bond acceptors (Lipinski definition) is 4. The average Bonchev–Trinajstić information content (AvgIpc) is 2.58. The Morgan fingerprint density at radius 3 is 2.67 bits per heavy atom. The summed E-state index contributed by atoms with van der Waals surface area (Å²) in [7, 11) is 0. The van der Waals surface area contributed by atoms with Gasteiger partial charge in [0.05, 0.1) is 6.54 Å². The summed E-state index contributed by atoms with van der Waals surface area (Å²) < 4.78 is 0. The number of benzene rings is 2. The zero-order valence-electron chi connectivity index (χ0n) is 13.6. The highest BCUT2D eigenvalue weighted by Gasteiger charge is 2.18. The van der Waals surface area contributed by atoms with Gasteiger partial charge in [-0.2, -0.15) is 11.8 Å². The summed E-state index contributed by atoms with van der Waals surface area (Å²) in [4.78, 5) is 23.1. The van der Waals surface area contributed by atoms with Crippen LogP contribution in [0, 0.1) is 0 Å². The molecule has 2 rings (SSSR count). The Morgan fingerprint density at radius 2 is 1.92 bits per heavy atom. The van der Waals surface area contributed by atoms with E-state index >= 15 is 0 Å². The molecule has 0 fully saturated rings. The van der Waals surface area contributed by atoms with E-state index in [-0.39, 0.29) is 12.5 Å². The van der Waals surface area contributed by atoms with Gasteiger partial charge in [0.2, 0.25) is 5.91 Å². The molecule has 1 unspecified atom stereocenters. The highest BCUT2D eigenvalue weighted by molar-refractivity contribution is 7.98. The van der Waals surface area contributed by atoms with E-state index in [1.54, 1.807) is 11.8 Å². The minimum Gasteiger partial charge on any atom is -0.480 e. The van der Waals surface area contributed by atoms with Crippen molar-refractivity contribution in [1.82, 2.24) is 10.6 Å². The van der Waals surface area contributed by atoms with Gasteiger partial charge in [-0.05, 0) is 34.8 Å². The number of carbonyl (C=O) groups excluding carboxylic acids is 1. The van der Waals surface area contributed by atoms with Gasteiger partial charge < -0.3 is 15.7 Å². The van der Waals surface area contributed by atoms with Crippen molar-refractivity contribution in [3.63, 3.8) is 0 Å². The van der Waals surface area contributed by atoms with Crippen LogP contribution in [0.15, 0.2) is 42.5 Å². The standard InChI is InChI=1S/C18H22N2O3S/c1-24-10-9-16(18(22)23)20-17(21)12-19-11-14-7-4-6-13-5-2-3-8-15(13)14/h2-8,16,19H,9-12H2,1H3,(H,20,21)(H,22,23). The monoisotopic (exact) mass is 346 g/mol. The van der Waals surface area contributed by atoms with Gasteiger partial charge in [-0.1, -0.05) is 42.5 Å². The minimum absolute atomic E-state index is 0.0896. The van der Waals surface area contributed by atoms with Crippen LogP contribution in [0.2, 0.25) is 0 Å². The number of thioether (sulfide) groups is 1. The second-order valence-corrected chi connectivity index (χ2v) is 6.47. The third kappa shape index (κ3) is 5.25. The topological polar surface area (TPSA) is 78.4 Å². The van der Waals surface area contributed by atoms with Crippen molar-refractivity contribution in [3.05, 3.63) is 48.0 Å². The van der Waals surface area contributed by atoms with Crippen molar-refractivity contribution >= 4 is 34.4 Å². The van der Waals surface area contributed by atoms with Crippen LogP contribution < -0.4 is 10.6 Å². The predicted molar refractivity (Wildman–Crippen MR) is 98.2 cm³/mol. The Kier molecular flexibility index (Phi) is 7.08. The first-order valence-electron chi connectivity index (χ1n) is 7.80. The van der Waals surface area contributed by atoms with Crippen LogP contribution in [-0.4, -0.2) is 41.6 Å². The molecule has 5 nitrogen and oxygen atoms in total. The molecule has 0 aliphatic rings. The minimum atomic E-state index is -0.994. The van der Waals surface area contributed by atoms with Crippen LogP contribution in [0.5, 0.6) is 0 Å². The smallest absolute Gasteiger partial charge is 0.326 e. The van der Waals surface area contributed by atoms with E-state index in [1.165, 1.54) is 0 Å². The molecular formula is C18H22N2O3S. The number of nitrogens with one attached hydrogen (secondary N) is 2. The molecule has 128 valence electrons. The van der Waals surface area contributed by atoms with Crippen LogP contribution in [0.3, 0.4) is 0 Å². The number of carboxylic acid groups (broad SMARTS) is 1. The molecule has 2 aromatic carbocycles. The molecule has 0 bridgehead atoms. The van der Waals surface area contributed by atoms with E-state index in [0.717, 1.165) is 16.3 Å². The van der Waals surface area contributed by atoms with E-state index in [1.807, 2.05) is 30.5 Å². The lowest BCUT2D eigenvalue weighted by Crippen LogP contribution is -2.44. The molecule has 0 aliphatic carbocycles. The number of rotatable bonds is 9. The van der Waals surface area contributed by atoms with Gasteiger partial charge in [-0.15, -0.1) is 0 Å². The van der Waals surface area contributed by atoms with Gasteiger partial charge in [-0.25, -0.2) is 4.79 Å². The van der Waals surface area contributed by atoms with Crippen LogP contribution in [0.4, 0.5) is 0 Å². The molecule has 0 spiro atoms. The number of amides is 1. The average molecular weight is 346 g/mol. The SMILES string of the molecule is CSCCC(NC(=O)CNCc1cccc2ccccc12)C(=O)O. The fraction of sp³-hybridized carbons (Fsp3) is 0.333. The maximum atomic E-state index is 11.9. The Labute approximate surface area is 145 Å². The molecule has 0 aromatic heterocycles. The third-order valence-corrected chi connectivity index (χ3v) is 4.37. The Bertz CT molecular complexity index is 700. The number of carbonyl (C=O) groups is 2. The molecule has 0 aliphatic heterocycles. The third-order valence-electron chi connectivity index (χ3n) is 3.72. The van der Waals surface area contributed by atoms with Gasteiger partial charge in [0.25, 0.3) is 0 Å². The molecular weight excluding hydrogens is 324 g/mol. The Hall–Kier alpha value is -2.05. The lowest BCUT2D eigenvalue weighted by Gasteiger charge is -2.14. The molecule has 24 heavy (non-hydrogen) atoms. The molecule has 2 aromatic rings. The fourth-order valence-electron chi connectivity index (χ4n) is 2.50. The zero-order chi connectivity index (χ0) is 17.4. The largest absolute Gasteiger partial charge is 0.480 e. The van der Waals surface area contributed by atoms with Crippen molar-refractivity contribution in [3.8, 4) is 0 Å². The van der Waals surface area contributed by atoms with Gasteiger partial charge in [0.15, 0.2) is 0 Å². The zero-order valence-corrected chi connectivity index (χ0v) is 14.4. The first-order chi connectivity index (χ1) is 11.6. The molecule has 0 saturated heterocycles. The maximum absolute atomic E-state index is 11.9. The molecule has 6 heteroatoms. The van der Waals surface area contributed by atoms with Crippen molar-refractivity contribution in [1.29, 1.82) is 0 Å². The van der Waals surface area contributed by atoms with Crippen LogP contribution >= 0.6 is 11.8 Å². The second kappa shape index (κ2) is 9.30. The second-order valence-electron chi connectivity index (χ2n) is 5.48. The summed E-state index contributed by atoms with van der Waals surface area (Å²) in [6, 6.07) is 13.3. The van der Waals surface area contributed by atoms with Gasteiger partial charge >= 0.3 is 5.97 Å². The Balaban J connectivity index is 1.86. The highest BCUT2D eigenvalue weighted by atomic mass is 32.2. The van der Waals surface area contributed by atoms with Gasteiger partial charge in [-0.3, -0.25) is 4.79 Å².